The van der Waals surface area contributed by atoms with Crippen molar-refractivity contribution in [1.29, 1.82) is 0 Å². The second kappa shape index (κ2) is 7.68. The van der Waals surface area contributed by atoms with Crippen molar-refractivity contribution in [2.45, 2.75) is 40.2 Å². The van der Waals surface area contributed by atoms with Crippen molar-refractivity contribution in [1.82, 2.24) is 25.1 Å². The fraction of sp³-hybridized carbons (Fsp3) is 0.615. The molecule has 1 aliphatic heterocycles. The highest BCUT2D eigenvalue weighted by atomic mass is 15.3. The molecule has 1 unspecified atom stereocenters. The first-order chi connectivity index (χ1) is 9.36. The van der Waals surface area contributed by atoms with Crippen LogP contribution in [0.25, 0.3) is 11.0 Å². The van der Waals surface area contributed by atoms with Crippen LogP contribution in [-0.2, 0) is 0 Å². The third kappa shape index (κ3) is 3.20. The topological polar surface area (TPSA) is 81.7 Å². The predicted octanol–water partition coefficient (Wildman–Crippen LogP) is 2.00. The highest BCUT2D eigenvalue weighted by Crippen LogP contribution is 2.22. The van der Waals surface area contributed by atoms with Gasteiger partial charge in [-0.2, -0.15) is 5.10 Å². The Labute approximate surface area is 114 Å². The van der Waals surface area contributed by atoms with Gasteiger partial charge in [0.05, 0.1) is 17.6 Å². The molecule has 3 heterocycles. The van der Waals surface area contributed by atoms with Crippen LogP contribution >= 0.6 is 0 Å². The molecule has 0 amide bonds. The third-order valence-corrected chi connectivity index (χ3v) is 2.80. The summed E-state index contributed by atoms with van der Waals surface area (Å²) >= 11 is 0. The van der Waals surface area contributed by atoms with Crippen LogP contribution in [0.2, 0.25) is 0 Å². The highest BCUT2D eigenvalue weighted by molar-refractivity contribution is 5.84. The van der Waals surface area contributed by atoms with E-state index < -0.39 is 0 Å². The Balaban J connectivity index is 0.000000415. The Morgan fingerprint density at radius 1 is 1.26 bits per heavy atom. The molecule has 6 heteroatoms. The molecule has 0 saturated carbocycles. The summed E-state index contributed by atoms with van der Waals surface area (Å²) in [7, 11) is 0. The van der Waals surface area contributed by atoms with Crippen LogP contribution in [0, 0.1) is 0 Å². The Hall–Kier alpha value is -1.69. The minimum absolute atomic E-state index is 0.386. The lowest BCUT2D eigenvalue weighted by Crippen LogP contribution is -2.14. The lowest BCUT2D eigenvalue weighted by atomic mass is 10.2. The highest BCUT2D eigenvalue weighted by Gasteiger charge is 2.20. The average Bonchev–Trinajstić information content (AvgIpc) is 3.12. The molecule has 3 N–H and O–H groups in total. The van der Waals surface area contributed by atoms with Crippen molar-refractivity contribution in [3.8, 4) is 0 Å². The second-order valence-electron chi connectivity index (χ2n) is 3.73. The van der Waals surface area contributed by atoms with E-state index >= 15 is 0 Å². The first-order valence-corrected chi connectivity index (χ1v) is 7.00. The summed E-state index contributed by atoms with van der Waals surface area (Å²) in [5.41, 5.74) is 6.58. The molecule has 0 radical (unpaired) electrons. The molecule has 0 spiro atoms. The second-order valence-corrected chi connectivity index (χ2v) is 3.73. The number of hydrogen-bond acceptors (Lipinski definition) is 5. The minimum atomic E-state index is 0.386. The zero-order valence-corrected chi connectivity index (χ0v) is 12.2. The van der Waals surface area contributed by atoms with Gasteiger partial charge in [0.2, 0.25) is 0 Å². The fourth-order valence-electron chi connectivity index (χ4n) is 2.00. The van der Waals surface area contributed by atoms with Crippen molar-refractivity contribution in [3.05, 3.63) is 12.5 Å². The number of fused-ring (bicyclic) bond motifs is 1. The molecule has 3 rings (SSSR count). The smallest absolute Gasteiger partial charge is 0.163 e. The SMILES string of the molecule is CC.CC.Nc1ncnc2c1cnn2C1CCNC1. The molecular formula is C13H24N6. The molecule has 0 aliphatic carbocycles. The lowest BCUT2D eigenvalue weighted by Gasteiger charge is -2.09. The van der Waals surface area contributed by atoms with Gasteiger partial charge in [-0.3, -0.25) is 0 Å². The summed E-state index contributed by atoms with van der Waals surface area (Å²) < 4.78 is 1.94. The van der Waals surface area contributed by atoms with Gasteiger partial charge in [-0.05, 0) is 13.0 Å². The Morgan fingerprint density at radius 2 is 2.00 bits per heavy atom. The van der Waals surface area contributed by atoms with Gasteiger partial charge >= 0.3 is 0 Å². The number of nitrogens with zero attached hydrogens (tertiary/aromatic N) is 4. The van der Waals surface area contributed by atoms with E-state index in [0.29, 0.717) is 11.9 Å². The quantitative estimate of drug-likeness (QED) is 0.823. The van der Waals surface area contributed by atoms with E-state index in [-0.39, 0.29) is 0 Å². The summed E-state index contributed by atoms with van der Waals surface area (Å²) in [6.07, 6.45) is 4.31. The number of anilines is 1. The number of nitrogens with one attached hydrogen (secondary N) is 1. The Kier molecular flexibility index (Phi) is 6.21. The monoisotopic (exact) mass is 264 g/mol. The van der Waals surface area contributed by atoms with Crippen molar-refractivity contribution in [3.63, 3.8) is 0 Å². The van der Waals surface area contributed by atoms with Gasteiger partial charge < -0.3 is 11.1 Å². The van der Waals surface area contributed by atoms with Crippen LogP contribution in [0.5, 0.6) is 0 Å². The summed E-state index contributed by atoms with van der Waals surface area (Å²) in [4.78, 5) is 8.17. The van der Waals surface area contributed by atoms with Crippen LogP contribution in [0.15, 0.2) is 12.5 Å². The van der Waals surface area contributed by atoms with Gasteiger partial charge in [0.25, 0.3) is 0 Å². The van der Waals surface area contributed by atoms with E-state index in [4.69, 9.17) is 5.73 Å². The molecule has 106 valence electrons. The van der Waals surface area contributed by atoms with Gasteiger partial charge in [-0.1, -0.05) is 27.7 Å². The van der Waals surface area contributed by atoms with Crippen LogP contribution in [0.3, 0.4) is 0 Å². The van der Waals surface area contributed by atoms with Gasteiger partial charge in [0.1, 0.15) is 12.1 Å². The number of rotatable bonds is 1. The Morgan fingerprint density at radius 3 is 2.63 bits per heavy atom. The molecule has 19 heavy (non-hydrogen) atoms. The number of aromatic nitrogens is 4. The van der Waals surface area contributed by atoms with Crippen molar-refractivity contribution < 1.29 is 0 Å². The maximum atomic E-state index is 5.75. The zero-order chi connectivity index (χ0) is 14.3. The molecule has 1 saturated heterocycles. The van der Waals surface area contributed by atoms with E-state index in [1.807, 2.05) is 32.4 Å². The molecule has 1 aliphatic rings. The van der Waals surface area contributed by atoms with E-state index in [1.165, 1.54) is 6.33 Å². The van der Waals surface area contributed by atoms with Crippen LogP contribution in [0.4, 0.5) is 5.82 Å². The fourth-order valence-corrected chi connectivity index (χ4v) is 2.00. The summed E-state index contributed by atoms with van der Waals surface area (Å²) in [6.45, 7) is 9.98. The normalized spacial score (nSPS) is 17.4. The molecule has 0 aromatic carbocycles. The number of hydrogen-bond donors (Lipinski definition) is 2. The largest absolute Gasteiger partial charge is 0.383 e. The van der Waals surface area contributed by atoms with E-state index in [9.17, 15) is 0 Å². The van der Waals surface area contributed by atoms with Crippen molar-refractivity contribution in [2.75, 3.05) is 18.8 Å². The molecule has 6 nitrogen and oxygen atoms in total. The third-order valence-electron chi connectivity index (χ3n) is 2.80. The molecule has 0 bridgehead atoms. The maximum Gasteiger partial charge on any atom is 0.163 e. The lowest BCUT2D eigenvalue weighted by molar-refractivity contribution is 0.503. The average molecular weight is 264 g/mol. The minimum Gasteiger partial charge on any atom is -0.383 e. The molecule has 2 aromatic heterocycles. The van der Waals surface area contributed by atoms with Crippen molar-refractivity contribution in [2.24, 2.45) is 0 Å². The first-order valence-electron chi connectivity index (χ1n) is 7.00. The van der Waals surface area contributed by atoms with Gasteiger partial charge in [-0.15, -0.1) is 0 Å². The first kappa shape index (κ1) is 15.4. The van der Waals surface area contributed by atoms with Crippen LogP contribution in [0.1, 0.15) is 40.2 Å². The summed E-state index contributed by atoms with van der Waals surface area (Å²) in [5, 5.41) is 8.47. The summed E-state index contributed by atoms with van der Waals surface area (Å²) in [5.74, 6) is 0.497. The standard InChI is InChI=1S/C9H12N6.2C2H6/c10-8-7-4-14-15(6-1-2-11-3-6)9(7)13-5-12-8;2*1-2/h4-6,11H,1-3H2,(H2,10,12,13);2*1-2H3. The predicted molar refractivity (Wildman–Crippen MR) is 79.0 cm³/mol. The van der Waals surface area contributed by atoms with Crippen molar-refractivity contribution >= 4 is 16.9 Å². The van der Waals surface area contributed by atoms with E-state index in [1.54, 1.807) is 6.20 Å². The van der Waals surface area contributed by atoms with Gasteiger partial charge in [0, 0.05) is 6.54 Å². The number of nitrogens with two attached hydrogens (primary N) is 1. The van der Waals surface area contributed by atoms with Crippen LogP contribution in [-0.4, -0.2) is 32.8 Å². The Bertz CT molecular complexity index is 487. The van der Waals surface area contributed by atoms with Gasteiger partial charge in [-0.25, -0.2) is 14.6 Å². The summed E-state index contributed by atoms with van der Waals surface area (Å²) in [6, 6.07) is 0.386. The van der Waals surface area contributed by atoms with Gasteiger partial charge in [0.15, 0.2) is 5.65 Å². The molecule has 2 aromatic rings. The maximum absolute atomic E-state index is 5.75. The molecular weight excluding hydrogens is 240 g/mol. The van der Waals surface area contributed by atoms with Crippen LogP contribution < -0.4 is 11.1 Å². The molecule has 1 fully saturated rings. The zero-order valence-electron chi connectivity index (χ0n) is 12.2. The number of nitrogen functional groups attached to an aromatic ring is 1. The van der Waals surface area contributed by atoms with E-state index in [2.05, 4.69) is 20.4 Å². The van der Waals surface area contributed by atoms with E-state index in [0.717, 1.165) is 30.5 Å². The molecule has 1 atom stereocenters.